The third kappa shape index (κ3) is 7.47. The molecule has 2 aromatic carbocycles. The van der Waals surface area contributed by atoms with Crippen LogP contribution in [0.1, 0.15) is 42.9 Å². The summed E-state index contributed by atoms with van der Waals surface area (Å²) in [6, 6.07) is 7.57. The highest BCUT2D eigenvalue weighted by Gasteiger charge is 2.41. The van der Waals surface area contributed by atoms with Gasteiger partial charge < -0.3 is 19.7 Å². The van der Waals surface area contributed by atoms with Crippen molar-refractivity contribution in [2.75, 3.05) is 39.4 Å². The Hall–Kier alpha value is -2.75. The number of benzene rings is 2. The number of carbonyl (C=O) groups excluding carboxylic acids is 2. The summed E-state index contributed by atoms with van der Waals surface area (Å²) >= 11 is 6.32. The average molecular weight is 564 g/mol. The lowest BCUT2D eigenvalue weighted by atomic mass is 9.95. The second-order valence-corrected chi connectivity index (χ2v) is 11.0. The zero-order valence-electron chi connectivity index (χ0n) is 22.7. The van der Waals surface area contributed by atoms with Gasteiger partial charge in [-0.3, -0.25) is 14.5 Å². The van der Waals surface area contributed by atoms with Gasteiger partial charge >= 0.3 is 0 Å². The molecule has 2 saturated heterocycles. The van der Waals surface area contributed by atoms with Crippen LogP contribution in [0.2, 0.25) is 5.02 Å². The molecule has 39 heavy (non-hydrogen) atoms. The first-order valence-corrected chi connectivity index (χ1v) is 13.7. The minimum Gasteiger partial charge on any atom is -0.490 e. The van der Waals surface area contributed by atoms with Crippen molar-refractivity contribution >= 4 is 23.4 Å². The van der Waals surface area contributed by atoms with Crippen LogP contribution in [0.15, 0.2) is 30.3 Å². The minimum absolute atomic E-state index is 0.00969. The molecule has 2 aliphatic heterocycles. The summed E-state index contributed by atoms with van der Waals surface area (Å²) in [6.45, 7) is 7.49. The van der Waals surface area contributed by atoms with E-state index in [0.717, 1.165) is 11.1 Å². The molecule has 0 bridgehead atoms. The summed E-state index contributed by atoms with van der Waals surface area (Å²) < 4.78 is 41.3. The monoisotopic (exact) mass is 563 g/mol. The molecule has 4 rings (SSSR count). The van der Waals surface area contributed by atoms with Crippen LogP contribution in [-0.2, 0) is 20.9 Å². The van der Waals surface area contributed by atoms with Crippen molar-refractivity contribution in [1.29, 1.82) is 0 Å². The van der Waals surface area contributed by atoms with E-state index in [4.69, 9.17) is 21.1 Å². The predicted molar refractivity (Wildman–Crippen MR) is 145 cm³/mol. The number of carbonyl (C=O) groups is 2. The number of morpholine rings is 1. The molecule has 1 N–H and O–H groups in total. The lowest BCUT2D eigenvalue weighted by Crippen LogP contribution is -2.57. The number of piperidine rings is 1. The van der Waals surface area contributed by atoms with Gasteiger partial charge in [0.2, 0.25) is 11.8 Å². The predicted octanol–water partition coefficient (Wildman–Crippen LogP) is 4.40. The second kappa shape index (κ2) is 12.6. The first-order valence-electron chi connectivity index (χ1n) is 13.3. The first kappa shape index (κ1) is 29.2. The van der Waals surface area contributed by atoms with Gasteiger partial charge in [0.05, 0.1) is 13.0 Å². The van der Waals surface area contributed by atoms with Gasteiger partial charge in [-0.25, -0.2) is 8.78 Å². The van der Waals surface area contributed by atoms with Crippen LogP contribution in [-0.4, -0.2) is 72.6 Å². The number of halogens is 3. The van der Waals surface area contributed by atoms with Gasteiger partial charge in [0.1, 0.15) is 29.6 Å². The summed E-state index contributed by atoms with van der Waals surface area (Å²) in [5, 5.41) is 3.59. The summed E-state index contributed by atoms with van der Waals surface area (Å²) in [5.74, 6) is -0.756. The Kier molecular flexibility index (Phi) is 9.46. The molecule has 2 fully saturated rings. The number of likely N-dealkylation sites (tertiary alicyclic amines) is 1. The minimum atomic E-state index is -1.02. The number of nitrogens with one attached hydrogen (secondary N) is 1. The van der Waals surface area contributed by atoms with Crippen molar-refractivity contribution in [2.24, 2.45) is 0 Å². The van der Waals surface area contributed by atoms with E-state index in [9.17, 15) is 18.4 Å². The van der Waals surface area contributed by atoms with E-state index < -0.39 is 17.2 Å². The Morgan fingerprint density at radius 1 is 1.13 bits per heavy atom. The fourth-order valence-corrected chi connectivity index (χ4v) is 5.47. The van der Waals surface area contributed by atoms with Crippen molar-refractivity contribution < 1.29 is 27.8 Å². The molecule has 0 spiro atoms. The summed E-state index contributed by atoms with van der Waals surface area (Å²) in [7, 11) is 0. The molecule has 2 aliphatic rings. The Labute approximate surface area is 233 Å². The van der Waals surface area contributed by atoms with Crippen LogP contribution in [0.25, 0.3) is 0 Å². The summed E-state index contributed by atoms with van der Waals surface area (Å²) in [5.41, 5.74) is 0.720. The lowest BCUT2D eigenvalue weighted by Gasteiger charge is -2.43. The van der Waals surface area contributed by atoms with Crippen molar-refractivity contribution in [3.63, 3.8) is 0 Å². The van der Waals surface area contributed by atoms with E-state index in [2.05, 4.69) is 5.32 Å². The Morgan fingerprint density at radius 2 is 1.77 bits per heavy atom. The zero-order valence-corrected chi connectivity index (χ0v) is 23.5. The Bertz CT molecular complexity index is 1160. The zero-order chi connectivity index (χ0) is 28.2. The Balaban J connectivity index is 1.51. The highest BCUT2D eigenvalue weighted by atomic mass is 35.5. The lowest BCUT2D eigenvalue weighted by molar-refractivity contribution is -0.157. The van der Waals surface area contributed by atoms with Crippen LogP contribution in [0, 0.1) is 25.5 Å². The van der Waals surface area contributed by atoms with E-state index in [1.54, 1.807) is 4.90 Å². The molecular weight excluding hydrogens is 528 g/mol. The molecule has 0 aromatic heterocycles. The van der Waals surface area contributed by atoms with Crippen molar-refractivity contribution in [3.05, 3.63) is 63.7 Å². The van der Waals surface area contributed by atoms with Crippen molar-refractivity contribution in [2.45, 2.75) is 58.2 Å². The van der Waals surface area contributed by atoms with E-state index in [1.165, 1.54) is 25.1 Å². The van der Waals surface area contributed by atoms with Gasteiger partial charge in [-0.15, -0.1) is 0 Å². The normalized spacial score (nSPS) is 20.6. The number of aryl methyl sites for hydroxylation is 2. The molecule has 7 nitrogen and oxygen atoms in total. The highest BCUT2D eigenvalue weighted by molar-refractivity contribution is 6.32. The van der Waals surface area contributed by atoms with Crippen LogP contribution >= 0.6 is 11.6 Å². The SMILES string of the molecule is CC(=O)NC1CCN(C(=O)C[C@@]2(COc3cc(C)c(Cl)c(C)c3)CN(Cc3c(F)cccc3F)CCO2)CC1. The molecular formula is C29H36ClF2N3O4. The van der Waals surface area contributed by atoms with Gasteiger partial charge in [0.25, 0.3) is 0 Å². The summed E-state index contributed by atoms with van der Waals surface area (Å²) in [6.07, 6.45) is 1.41. The third-order valence-corrected chi connectivity index (χ3v) is 8.01. The van der Waals surface area contributed by atoms with Crippen molar-refractivity contribution in [1.82, 2.24) is 15.1 Å². The molecule has 2 amide bonds. The molecule has 10 heteroatoms. The molecule has 0 aliphatic carbocycles. The van der Waals surface area contributed by atoms with Crippen LogP contribution in [0.5, 0.6) is 5.75 Å². The smallest absolute Gasteiger partial charge is 0.225 e. The molecule has 2 aromatic rings. The maximum Gasteiger partial charge on any atom is 0.225 e. The van der Waals surface area contributed by atoms with Gasteiger partial charge in [-0.05, 0) is 62.1 Å². The first-order chi connectivity index (χ1) is 18.5. The number of hydrogen-bond acceptors (Lipinski definition) is 5. The maximum absolute atomic E-state index is 14.4. The summed E-state index contributed by atoms with van der Waals surface area (Å²) in [4.78, 5) is 28.6. The topological polar surface area (TPSA) is 71.1 Å². The van der Waals surface area contributed by atoms with Crippen LogP contribution < -0.4 is 10.1 Å². The van der Waals surface area contributed by atoms with Gasteiger partial charge in [-0.1, -0.05) is 17.7 Å². The number of amides is 2. The van der Waals surface area contributed by atoms with E-state index in [1.807, 2.05) is 30.9 Å². The fourth-order valence-electron chi connectivity index (χ4n) is 5.36. The molecule has 212 valence electrons. The molecule has 1 atom stereocenters. The van der Waals surface area contributed by atoms with Gasteiger partial charge in [0, 0.05) is 56.3 Å². The molecule has 2 heterocycles. The largest absolute Gasteiger partial charge is 0.490 e. The Morgan fingerprint density at radius 3 is 2.38 bits per heavy atom. The van der Waals surface area contributed by atoms with Crippen LogP contribution in [0.3, 0.4) is 0 Å². The molecule has 0 unspecified atom stereocenters. The highest BCUT2D eigenvalue weighted by Crippen LogP contribution is 2.30. The number of ether oxygens (including phenoxy) is 2. The number of nitrogens with zero attached hydrogens (tertiary/aromatic N) is 2. The molecule has 0 radical (unpaired) electrons. The van der Waals surface area contributed by atoms with E-state index >= 15 is 0 Å². The second-order valence-electron chi connectivity index (χ2n) is 10.6. The van der Waals surface area contributed by atoms with E-state index in [0.29, 0.717) is 43.2 Å². The van der Waals surface area contributed by atoms with E-state index in [-0.39, 0.29) is 56.1 Å². The van der Waals surface area contributed by atoms with Crippen molar-refractivity contribution in [3.8, 4) is 5.75 Å². The maximum atomic E-state index is 14.4. The standard InChI is InChI=1S/C29H36ClF2N3O4/c1-19-13-23(14-20(2)28(19)30)38-18-29(15-27(37)35-9-7-22(8-10-35)33-21(3)36)17-34(11-12-39-29)16-24-25(31)5-4-6-26(24)32/h4-6,13-14,22H,7-12,15-18H2,1-3H3,(H,33,36)/t29-/m0/s1. The van der Waals surface area contributed by atoms with Gasteiger partial charge in [-0.2, -0.15) is 0 Å². The van der Waals surface area contributed by atoms with Crippen LogP contribution in [0.4, 0.5) is 8.78 Å². The third-order valence-electron chi connectivity index (χ3n) is 7.41. The average Bonchev–Trinajstić information content (AvgIpc) is 2.88. The quantitative estimate of drug-likeness (QED) is 0.515. The fraction of sp³-hybridized carbons (Fsp3) is 0.517. The number of rotatable bonds is 8. The number of hydrogen-bond donors (Lipinski definition) is 1. The van der Waals surface area contributed by atoms with Gasteiger partial charge in [0.15, 0.2) is 0 Å². The molecule has 0 saturated carbocycles.